The van der Waals surface area contributed by atoms with E-state index < -0.39 is 9.84 Å². The van der Waals surface area contributed by atoms with E-state index in [2.05, 4.69) is 24.0 Å². The molecule has 1 aliphatic rings. The van der Waals surface area contributed by atoms with Crippen LogP contribution in [0.15, 0.2) is 29.2 Å². The van der Waals surface area contributed by atoms with Crippen LogP contribution >= 0.6 is 11.8 Å². The van der Waals surface area contributed by atoms with Crippen molar-refractivity contribution in [1.82, 2.24) is 5.32 Å². The predicted molar refractivity (Wildman–Crippen MR) is 86.1 cm³/mol. The first-order valence-corrected chi connectivity index (χ1v) is 10.1. The van der Waals surface area contributed by atoms with Gasteiger partial charge in [-0.2, -0.15) is 11.8 Å². The molecule has 5 heteroatoms. The van der Waals surface area contributed by atoms with E-state index in [-0.39, 0.29) is 6.04 Å². The van der Waals surface area contributed by atoms with E-state index in [9.17, 15) is 8.42 Å². The minimum atomic E-state index is -3.10. The average molecular weight is 313 g/mol. The summed E-state index contributed by atoms with van der Waals surface area (Å²) in [5.74, 6) is 1.28. The minimum Gasteiger partial charge on any atom is -0.309 e. The van der Waals surface area contributed by atoms with Crippen LogP contribution in [0.25, 0.3) is 0 Å². The molecule has 1 fully saturated rings. The number of benzene rings is 1. The maximum atomic E-state index is 11.4. The SMILES string of the molecule is CC(NCC1CCCCS1)c1ccc(S(C)(=O)=O)cc1. The molecule has 0 bridgehead atoms. The number of thioether (sulfide) groups is 1. The van der Waals surface area contributed by atoms with Crippen molar-refractivity contribution in [3.05, 3.63) is 29.8 Å². The summed E-state index contributed by atoms with van der Waals surface area (Å²) in [5.41, 5.74) is 1.14. The Kier molecular flexibility index (Phi) is 5.52. The van der Waals surface area contributed by atoms with Crippen molar-refractivity contribution in [3.8, 4) is 0 Å². The smallest absolute Gasteiger partial charge is 0.175 e. The van der Waals surface area contributed by atoms with Gasteiger partial charge < -0.3 is 5.32 Å². The van der Waals surface area contributed by atoms with Crippen LogP contribution in [0.1, 0.15) is 37.8 Å². The van der Waals surface area contributed by atoms with Crippen LogP contribution < -0.4 is 5.32 Å². The summed E-state index contributed by atoms with van der Waals surface area (Å²) in [6.45, 7) is 3.16. The number of hydrogen-bond donors (Lipinski definition) is 1. The van der Waals surface area contributed by atoms with E-state index in [4.69, 9.17) is 0 Å². The summed E-state index contributed by atoms with van der Waals surface area (Å²) in [7, 11) is -3.10. The lowest BCUT2D eigenvalue weighted by molar-refractivity contribution is 0.538. The second-order valence-electron chi connectivity index (χ2n) is 5.46. The van der Waals surface area contributed by atoms with Gasteiger partial charge in [0.25, 0.3) is 0 Å². The molecule has 20 heavy (non-hydrogen) atoms. The Morgan fingerprint density at radius 2 is 2.00 bits per heavy atom. The molecular weight excluding hydrogens is 290 g/mol. The maximum Gasteiger partial charge on any atom is 0.175 e. The second kappa shape index (κ2) is 6.96. The summed E-state index contributed by atoms with van der Waals surface area (Å²) < 4.78 is 22.9. The van der Waals surface area contributed by atoms with Crippen molar-refractivity contribution in [1.29, 1.82) is 0 Å². The fourth-order valence-electron chi connectivity index (χ4n) is 2.40. The lowest BCUT2D eigenvalue weighted by Gasteiger charge is -2.24. The first-order chi connectivity index (χ1) is 9.47. The Bertz CT molecular complexity index is 519. The molecular formula is C15H23NO2S2. The van der Waals surface area contributed by atoms with Crippen molar-refractivity contribution in [3.63, 3.8) is 0 Å². The Labute approximate surface area is 126 Å². The molecule has 112 valence electrons. The van der Waals surface area contributed by atoms with E-state index in [0.717, 1.165) is 17.4 Å². The zero-order valence-corrected chi connectivity index (χ0v) is 13.8. The van der Waals surface area contributed by atoms with Crippen molar-refractivity contribution in [2.24, 2.45) is 0 Å². The van der Waals surface area contributed by atoms with Gasteiger partial charge in [0.1, 0.15) is 0 Å². The highest BCUT2D eigenvalue weighted by atomic mass is 32.2. The molecule has 0 radical (unpaired) electrons. The molecule has 1 aliphatic heterocycles. The normalized spacial score (nSPS) is 21.6. The van der Waals surface area contributed by atoms with Gasteiger partial charge in [-0.3, -0.25) is 0 Å². The number of hydrogen-bond acceptors (Lipinski definition) is 4. The monoisotopic (exact) mass is 313 g/mol. The molecule has 2 atom stereocenters. The zero-order chi connectivity index (χ0) is 14.6. The van der Waals surface area contributed by atoms with Gasteiger partial charge in [-0.05, 0) is 43.2 Å². The zero-order valence-electron chi connectivity index (χ0n) is 12.1. The average Bonchev–Trinajstić information content (AvgIpc) is 2.45. The topological polar surface area (TPSA) is 46.2 Å². The van der Waals surface area contributed by atoms with E-state index in [1.54, 1.807) is 12.1 Å². The van der Waals surface area contributed by atoms with Crippen molar-refractivity contribution in [2.45, 2.75) is 42.4 Å². The standard InChI is InChI=1S/C15H23NO2S2/c1-12(16-11-14-5-3-4-10-19-14)13-6-8-15(9-7-13)20(2,17)18/h6-9,12,14,16H,3-5,10-11H2,1-2H3. The molecule has 3 nitrogen and oxygen atoms in total. The molecule has 1 N–H and O–H groups in total. The Hall–Kier alpha value is -0.520. The number of sulfone groups is 1. The van der Waals surface area contributed by atoms with Gasteiger partial charge >= 0.3 is 0 Å². The summed E-state index contributed by atoms with van der Waals surface area (Å²) in [6, 6.07) is 7.45. The molecule has 0 amide bonds. The molecule has 2 rings (SSSR count). The maximum absolute atomic E-state index is 11.4. The summed E-state index contributed by atoms with van der Waals surface area (Å²) >= 11 is 2.06. The van der Waals surface area contributed by atoms with Crippen LogP contribution in [-0.4, -0.2) is 32.2 Å². The Balaban J connectivity index is 1.90. The molecule has 1 heterocycles. The van der Waals surface area contributed by atoms with Gasteiger partial charge in [-0.1, -0.05) is 18.6 Å². The van der Waals surface area contributed by atoms with Crippen molar-refractivity contribution >= 4 is 21.6 Å². The van der Waals surface area contributed by atoms with Gasteiger partial charge in [0, 0.05) is 24.1 Å². The quantitative estimate of drug-likeness (QED) is 0.907. The molecule has 0 saturated carbocycles. The van der Waals surface area contributed by atoms with Crippen LogP contribution in [0.4, 0.5) is 0 Å². The largest absolute Gasteiger partial charge is 0.309 e. The van der Waals surface area contributed by atoms with Crippen LogP contribution in [0.5, 0.6) is 0 Å². The number of rotatable bonds is 5. The van der Waals surface area contributed by atoms with Crippen LogP contribution in [0, 0.1) is 0 Å². The molecule has 0 aromatic heterocycles. The van der Waals surface area contributed by atoms with Gasteiger partial charge in [0.15, 0.2) is 9.84 Å². The second-order valence-corrected chi connectivity index (χ2v) is 8.88. The van der Waals surface area contributed by atoms with Gasteiger partial charge in [-0.15, -0.1) is 0 Å². The first-order valence-electron chi connectivity index (χ1n) is 7.12. The summed E-state index contributed by atoms with van der Waals surface area (Å²) in [5, 5.41) is 4.28. The fraction of sp³-hybridized carbons (Fsp3) is 0.600. The third kappa shape index (κ3) is 4.50. The Morgan fingerprint density at radius 1 is 1.30 bits per heavy atom. The predicted octanol–water partition coefficient (Wildman–Crippen LogP) is 3.03. The third-order valence-corrected chi connectivity index (χ3v) is 6.26. The van der Waals surface area contributed by atoms with Crippen LogP contribution in [0.3, 0.4) is 0 Å². The van der Waals surface area contributed by atoms with Crippen molar-refractivity contribution in [2.75, 3.05) is 18.6 Å². The Morgan fingerprint density at radius 3 is 2.55 bits per heavy atom. The highest BCUT2D eigenvalue weighted by Crippen LogP contribution is 2.25. The molecule has 0 spiro atoms. The first kappa shape index (κ1) is 15.9. The third-order valence-electron chi connectivity index (χ3n) is 3.73. The fourth-order valence-corrected chi connectivity index (χ4v) is 4.28. The van der Waals surface area contributed by atoms with Crippen LogP contribution in [-0.2, 0) is 9.84 Å². The lowest BCUT2D eigenvalue weighted by atomic mass is 10.1. The molecule has 1 aromatic rings. The van der Waals surface area contributed by atoms with E-state index in [1.807, 2.05) is 12.1 Å². The van der Waals surface area contributed by atoms with Crippen molar-refractivity contribution < 1.29 is 8.42 Å². The van der Waals surface area contributed by atoms with E-state index >= 15 is 0 Å². The molecule has 0 aliphatic carbocycles. The van der Waals surface area contributed by atoms with E-state index in [0.29, 0.717) is 4.90 Å². The van der Waals surface area contributed by atoms with Gasteiger partial charge in [0.05, 0.1) is 4.90 Å². The molecule has 1 aromatic carbocycles. The minimum absolute atomic E-state index is 0.256. The summed E-state index contributed by atoms with van der Waals surface area (Å²) in [6.07, 6.45) is 5.24. The highest BCUT2D eigenvalue weighted by molar-refractivity contribution is 7.99. The summed E-state index contributed by atoms with van der Waals surface area (Å²) in [4.78, 5) is 0.385. The molecule has 2 unspecified atom stereocenters. The lowest BCUT2D eigenvalue weighted by Crippen LogP contribution is -2.29. The van der Waals surface area contributed by atoms with E-state index in [1.165, 1.54) is 31.3 Å². The molecule has 1 saturated heterocycles. The van der Waals surface area contributed by atoms with Gasteiger partial charge in [0.2, 0.25) is 0 Å². The number of nitrogens with one attached hydrogen (secondary N) is 1. The van der Waals surface area contributed by atoms with Crippen LogP contribution in [0.2, 0.25) is 0 Å². The highest BCUT2D eigenvalue weighted by Gasteiger charge is 2.15. The van der Waals surface area contributed by atoms with Gasteiger partial charge in [-0.25, -0.2) is 8.42 Å².